The second kappa shape index (κ2) is 10.1. The summed E-state index contributed by atoms with van der Waals surface area (Å²) in [5.74, 6) is 0.100. The number of fused-ring (bicyclic) bond motifs is 1. The van der Waals surface area contributed by atoms with Crippen LogP contribution in [0, 0.1) is 13.8 Å². The third-order valence-electron chi connectivity index (χ3n) is 5.23. The lowest BCUT2D eigenvalue weighted by atomic mass is 9.99. The lowest BCUT2D eigenvalue weighted by molar-refractivity contribution is 0.0768. The number of aryl methyl sites for hydroxylation is 2. The number of nitrogens with zero attached hydrogens (tertiary/aromatic N) is 2. The molecule has 0 radical (unpaired) electrons. The van der Waals surface area contributed by atoms with Crippen LogP contribution in [0.2, 0.25) is 0 Å². The van der Waals surface area contributed by atoms with E-state index in [0.29, 0.717) is 0 Å². The summed E-state index contributed by atoms with van der Waals surface area (Å²) in [5, 5.41) is 4.29. The van der Waals surface area contributed by atoms with Crippen molar-refractivity contribution in [2.45, 2.75) is 20.3 Å². The van der Waals surface area contributed by atoms with Crippen molar-refractivity contribution in [1.29, 1.82) is 0 Å². The molecule has 1 saturated heterocycles. The van der Waals surface area contributed by atoms with Crippen molar-refractivity contribution >= 4 is 41.6 Å². The first-order valence-electron chi connectivity index (χ1n) is 9.61. The Balaban J connectivity index is 0.00000150. The fourth-order valence-electron chi connectivity index (χ4n) is 3.81. The highest BCUT2D eigenvalue weighted by Gasteiger charge is 2.21. The van der Waals surface area contributed by atoms with Gasteiger partial charge in [-0.2, -0.15) is 0 Å². The summed E-state index contributed by atoms with van der Waals surface area (Å²) in [4.78, 5) is 20.2. The standard InChI is InChI=1S/C23H25N3O.2ClH/c1-16-8-9-18(17(2)14-16)22-15-20(19-6-3-4-7-21(19)25-22)23(27)26-12-5-10-24-11-13-26;;/h3-4,6-9,14-15,24H,5,10-13H2,1-2H3;2*1H. The third-order valence-corrected chi connectivity index (χ3v) is 5.23. The number of nitrogens with one attached hydrogen (secondary N) is 1. The Morgan fingerprint density at radius 3 is 2.59 bits per heavy atom. The number of rotatable bonds is 2. The first-order chi connectivity index (χ1) is 13.1. The smallest absolute Gasteiger partial charge is 0.254 e. The average Bonchev–Trinajstić information content (AvgIpc) is 2.96. The van der Waals surface area contributed by atoms with Gasteiger partial charge in [0, 0.05) is 30.6 Å². The molecule has 4 nitrogen and oxygen atoms in total. The molecular weight excluding hydrogens is 405 g/mol. The van der Waals surface area contributed by atoms with Crippen molar-refractivity contribution in [1.82, 2.24) is 15.2 Å². The molecule has 0 unspecified atom stereocenters. The van der Waals surface area contributed by atoms with Crippen LogP contribution in [0.15, 0.2) is 48.5 Å². The molecule has 1 aromatic heterocycles. The van der Waals surface area contributed by atoms with E-state index in [9.17, 15) is 4.79 Å². The largest absolute Gasteiger partial charge is 0.337 e. The first-order valence-corrected chi connectivity index (χ1v) is 9.61. The molecule has 0 bridgehead atoms. The third kappa shape index (κ3) is 4.89. The molecule has 29 heavy (non-hydrogen) atoms. The number of halogens is 2. The van der Waals surface area contributed by atoms with E-state index in [2.05, 4.69) is 37.4 Å². The fraction of sp³-hybridized carbons (Fsp3) is 0.304. The normalized spacial score (nSPS) is 13.9. The predicted molar refractivity (Wildman–Crippen MR) is 125 cm³/mol. The molecule has 1 aliphatic rings. The van der Waals surface area contributed by atoms with Crippen LogP contribution < -0.4 is 5.32 Å². The zero-order chi connectivity index (χ0) is 18.8. The SMILES string of the molecule is Cc1ccc(-c2cc(C(=O)N3CCCNCC3)c3ccccc3n2)c(C)c1.Cl.Cl. The summed E-state index contributed by atoms with van der Waals surface area (Å²) < 4.78 is 0. The van der Waals surface area contributed by atoms with Gasteiger partial charge in [-0.3, -0.25) is 4.79 Å². The van der Waals surface area contributed by atoms with Crippen molar-refractivity contribution in [2.75, 3.05) is 26.2 Å². The molecule has 1 amide bonds. The van der Waals surface area contributed by atoms with Gasteiger partial charge in [-0.1, -0.05) is 42.0 Å². The molecule has 0 atom stereocenters. The molecule has 6 heteroatoms. The van der Waals surface area contributed by atoms with Crippen molar-refractivity contribution in [3.63, 3.8) is 0 Å². The van der Waals surface area contributed by atoms with Crippen molar-refractivity contribution in [3.8, 4) is 11.3 Å². The molecule has 1 N–H and O–H groups in total. The van der Waals surface area contributed by atoms with Crippen LogP contribution in [0.5, 0.6) is 0 Å². The maximum atomic E-state index is 13.4. The van der Waals surface area contributed by atoms with Crippen molar-refractivity contribution < 1.29 is 4.79 Å². The van der Waals surface area contributed by atoms with Gasteiger partial charge in [0.05, 0.1) is 16.8 Å². The van der Waals surface area contributed by atoms with Crippen molar-refractivity contribution in [2.24, 2.45) is 0 Å². The molecule has 0 spiro atoms. The van der Waals surface area contributed by atoms with Crippen LogP contribution in [-0.2, 0) is 0 Å². The van der Waals surface area contributed by atoms with Gasteiger partial charge in [0.15, 0.2) is 0 Å². The Labute approximate surface area is 184 Å². The minimum atomic E-state index is 0. The fourth-order valence-corrected chi connectivity index (χ4v) is 3.81. The average molecular weight is 432 g/mol. The summed E-state index contributed by atoms with van der Waals surface area (Å²) in [6, 6.07) is 16.3. The van der Waals surface area contributed by atoms with Crippen LogP contribution in [-0.4, -0.2) is 42.0 Å². The van der Waals surface area contributed by atoms with Gasteiger partial charge in [-0.05, 0) is 44.5 Å². The highest BCUT2D eigenvalue weighted by Crippen LogP contribution is 2.28. The molecule has 2 aromatic carbocycles. The van der Waals surface area contributed by atoms with Gasteiger partial charge < -0.3 is 10.2 Å². The van der Waals surface area contributed by atoms with E-state index >= 15 is 0 Å². The Morgan fingerprint density at radius 2 is 1.79 bits per heavy atom. The summed E-state index contributed by atoms with van der Waals surface area (Å²) >= 11 is 0. The van der Waals surface area contributed by atoms with Gasteiger partial charge in [0.25, 0.3) is 5.91 Å². The van der Waals surface area contributed by atoms with Gasteiger partial charge in [0.2, 0.25) is 0 Å². The summed E-state index contributed by atoms with van der Waals surface area (Å²) in [5.41, 5.74) is 5.96. The van der Waals surface area contributed by atoms with Crippen LogP contribution in [0.4, 0.5) is 0 Å². The van der Waals surface area contributed by atoms with Gasteiger partial charge in [-0.15, -0.1) is 24.8 Å². The molecule has 154 valence electrons. The Kier molecular flexibility index (Phi) is 8.03. The minimum absolute atomic E-state index is 0. The Hall–Kier alpha value is -2.14. The van der Waals surface area contributed by atoms with E-state index in [-0.39, 0.29) is 30.7 Å². The first kappa shape index (κ1) is 23.1. The highest BCUT2D eigenvalue weighted by atomic mass is 35.5. The van der Waals surface area contributed by atoms with E-state index in [1.165, 1.54) is 11.1 Å². The van der Waals surface area contributed by atoms with Crippen LogP contribution in [0.25, 0.3) is 22.2 Å². The van der Waals surface area contributed by atoms with E-state index in [4.69, 9.17) is 4.98 Å². The maximum Gasteiger partial charge on any atom is 0.254 e. The molecule has 1 aliphatic heterocycles. The number of benzene rings is 2. The second-order valence-corrected chi connectivity index (χ2v) is 7.29. The number of hydrogen-bond donors (Lipinski definition) is 1. The number of carbonyl (C=O) groups excluding carboxylic acids is 1. The van der Waals surface area contributed by atoms with Gasteiger partial charge >= 0.3 is 0 Å². The number of pyridine rings is 1. The van der Waals surface area contributed by atoms with E-state index in [1.54, 1.807) is 0 Å². The van der Waals surface area contributed by atoms with E-state index < -0.39 is 0 Å². The van der Waals surface area contributed by atoms with Gasteiger partial charge in [-0.25, -0.2) is 4.98 Å². The second-order valence-electron chi connectivity index (χ2n) is 7.29. The minimum Gasteiger partial charge on any atom is -0.337 e. The topological polar surface area (TPSA) is 45.2 Å². The number of para-hydroxylation sites is 1. The summed E-state index contributed by atoms with van der Waals surface area (Å²) in [6.07, 6.45) is 0.985. The van der Waals surface area contributed by atoms with Crippen LogP contribution >= 0.6 is 24.8 Å². The molecule has 2 heterocycles. The number of aromatic nitrogens is 1. The zero-order valence-electron chi connectivity index (χ0n) is 16.8. The number of hydrogen-bond acceptors (Lipinski definition) is 3. The highest BCUT2D eigenvalue weighted by molar-refractivity contribution is 6.07. The molecular formula is C23H27Cl2N3O. The summed E-state index contributed by atoms with van der Waals surface area (Å²) in [7, 11) is 0. The lowest BCUT2D eigenvalue weighted by Crippen LogP contribution is -2.34. The molecule has 0 aliphatic carbocycles. The van der Waals surface area contributed by atoms with Gasteiger partial charge in [0.1, 0.15) is 0 Å². The lowest BCUT2D eigenvalue weighted by Gasteiger charge is -2.21. The maximum absolute atomic E-state index is 13.4. The molecule has 4 rings (SSSR count). The Bertz CT molecular complexity index is 999. The molecule has 3 aromatic rings. The zero-order valence-corrected chi connectivity index (χ0v) is 18.4. The number of amides is 1. The molecule has 1 fully saturated rings. The van der Waals surface area contributed by atoms with Crippen molar-refractivity contribution in [3.05, 3.63) is 65.2 Å². The van der Waals surface area contributed by atoms with Crippen LogP contribution in [0.1, 0.15) is 27.9 Å². The summed E-state index contributed by atoms with van der Waals surface area (Å²) in [6.45, 7) is 7.54. The number of carbonyl (C=O) groups is 1. The predicted octanol–water partition coefficient (Wildman–Crippen LogP) is 4.80. The monoisotopic (exact) mass is 431 g/mol. The van der Waals surface area contributed by atoms with E-state index in [1.807, 2.05) is 35.2 Å². The van der Waals surface area contributed by atoms with Crippen LogP contribution in [0.3, 0.4) is 0 Å². The Morgan fingerprint density at radius 1 is 1.00 bits per heavy atom. The van der Waals surface area contributed by atoms with E-state index in [0.717, 1.165) is 60.3 Å². The quantitative estimate of drug-likeness (QED) is 0.633. The molecule has 0 saturated carbocycles.